The van der Waals surface area contributed by atoms with Gasteiger partial charge in [0, 0.05) is 43.5 Å². The molecule has 8 heteroatoms. The molecule has 0 unspecified atom stereocenters. The summed E-state index contributed by atoms with van der Waals surface area (Å²) in [7, 11) is 0. The van der Waals surface area contributed by atoms with Crippen molar-refractivity contribution in [2.75, 3.05) is 13.1 Å². The van der Waals surface area contributed by atoms with Gasteiger partial charge < -0.3 is 9.88 Å². The molecule has 0 atom stereocenters. The molecule has 3 aromatic rings. The van der Waals surface area contributed by atoms with E-state index in [1.165, 1.54) is 0 Å². The van der Waals surface area contributed by atoms with Crippen LogP contribution in [0.25, 0.3) is 10.9 Å². The molecule has 6 nitrogen and oxygen atoms in total. The number of rotatable bonds is 6. The first-order valence-electron chi connectivity index (χ1n) is 10.7. The number of piperidine rings is 1. The third kappa shape index (κ3) is 4.74. The van der Waals surface area contributed by atoms with Crippen LogP contribution in [-0.4, -0.2) is 39.6 Å². The van der Waals surface area contributed by atoms with Crippen molar-refractivity contribution in [1.82, 2.24) is 14.9 Å². The lowest BCUT2D eigenvalue weighted by atomic mass is 9.89. The van der Waals surface area contributed by atoms with Crippen molar-refractivity contribution in [2.45, 2.75) is 32.1 Å². The summed E-state index contributed by atoms with van der Waals surface area (Å²) in [6.07, 6.45) is 2.24. The molecule has 1 fully saturated rings. The zero-order valence-corrected chi connectivity index (χ0v) is 17.4. The highest BCUT2D eigenvalue weighted by Crippen LogP contribution is 2.22. The SMILES string of the molecule is O=C(c1ccccc1)C1CCN(C(=O)CCCc2nc3c(F)cc(F)cc3c(=O)[nH]2)CC1. The number of carbonyl (C=O) groups excluding carboxylic acids is 2. The maximum atomic E-state index is 14.0. The van der Waals surface area contributed by atoms with Crippen LogP contribution in [0.4, 0.5) is 8.78 Å². The number of likely N-dealkylation sites (tertiary alicyclic amines) is 1. The monoisotopic (exact) mass is 439 g/mol. The van der Waals surface area contributed by atoms with E-state index in [0.717, 1.165) is 6.07 Å². The lowest BCUT2D eigenvalue weighted by Crippen LogP contribution is -2.40. The van der Waals surface area contributed by atoms with E-state index < -0.39 is 17.2 Å². The number of ketones is 1. The van der Waals surface area contributed by atoms with Crippen LogP contribution in [-0.2, 0) is 11.2 Å². The third-order valence-corrected chi connectivity index (χ3v) is 5.86. The van der Waals surface area contributed by atoms with Crippen LogP contribution in [0.3, 0.4) is 0 Å². The van der Waals surface area contributed by atoms with Crippen molar-refractivity contribution >= 4 is 22.6 Å². The summed E-state index contributed by atoms with van der Waals surface area (Å²) in [5.74, 6) is -1.45. The Balaban J connectivity index is 1.30. The lowest BCUT2D eigenvalue weighted by molar-refractivity contribution is -0.132. The minimum Gasteiger partial charge on any atom is -0.343 e. The molecule has 0 radical (unpaired) electrons. The van der Waals surface area contributed by atoms with Crippen molar-refractivity contribution in [3.8, 4) is 0 Å². The maximum absolute atomic E-state index is 14.0. The van der Waals surface area contributed by atoms with E-state index in [9.17, 15) is 23.2 Å². The van der Waals surface area contributed by atoms with E-state index in [2.05, 4.69) is 9.97 Å². The van der Waals surface area contributed by atoms with Gasteiger partial charge in [-0.3, -0.25) is 14.4 Å². The van der Waals surface area contributed by atoms with Gasteiger partial charge in [-0.1, -0.05) is 30.3 Å². The van der Waals surface area contributed by atoms with Crippen molar-refractivity contribution in [3.63, 3.8) is 0 Å². The number of H-pyrrole nitrogens is 1. The predicted molar refractivity (Wildman–Crippen MR) is 115 cm³/mol. The summed E-state index contributed by atoms with van der Waals surface area (Å²) in [5.41, 5.74) is -0.0881. The van der Waals surface area contributed by atoms with Crippen molar-refractivity contribution in [2.24, 2.45) is 5.92 Å². The Morgan fingerprint density at radius 3 is 2.53 bits per heavy atom. The number of hydrogen-bond donors (Lipinski definition) is 1. The van der Waals surface area contributed by atoms with E-state index in [1.807, 2.05) is 30.3 Å². The van der Waals surface area contributed by atoms with Gasteiger partial charge in [0.05, 0.1) is 5.39 Å². The molecule has 1 aliphatic rings. The van der Waals surface area contributed by atoms with E-state index >= 15 is 0 Å². The number of nitrogens with one attached hydrogen (secondary N) is 1. The normalized spacial score (nSPS) is 14.6. The molecule has 0 saturated carbocycles. The van der Waals surface area contributed by atoms with Crippen LogP contribution in [0, 0.1) is 17.6 Å². The Morgan fingerprint density at radius 2 is 1.81 bits per heavy atom. The van der Waals surface area contributed by atoms with Gasteiger partial charge in [0.15, 0.2) is 11.6 Å². The summed E-state index contributed by atoms with van der Waals surface area (Å²) in [4.78, 5) is 45.6. The molecule has 1 N–H and O–H groups in total. The zero-order valence-electron chi connectivity index (χ0n) is 17.4. The second kappa shape index (κ2) is 9.38. The standard InChI is InChI=1S/C24H23F2N3O3/c25-17-13-18-22(19(26)14-17)27-20(28-24(18)32)7-4-8-21(30)29-11-9-16(10-12-29)23(31)15-5-2-1-3-6-15/h1-3,5-6,13-14,16H,4,7-12H2,(H,27,28,32). The molecule has 0 bridgehead atoms. The second-order valence-corrected chi connectivity index (χ2v) is 8.04. The largest absolute Gasteiger partial charge is 0.343 e. The molecule has 1 aliphatic heterocycles. The van der Waals surface area contributed by atoms with E-state index in [0.29, 0.717) is 44.0 Å². The number of benzene rings is 2. The Kier molecular flexibility index (Phi) is 6.39. The van der Waals surface area contributed by atoms with Crippen LogP contribution in [0.1, 0.15) is 41.9 Å². The predicted octanol–water partition coefficient (Wildman–Crippen LogP) is 3.65. The number of nitrogens with zero attached hydrogens (tertiary/aromatic N) is 2. The average molecular weight is 439 g/mol. The fraction of sp³-hybridized carbons (Fsp3) is 0.333. The number of amides is 1. The number of aromatic amines is 1. The average Bonchev–Trinajstić information content (AvgIpc) is 2.80. The highest BCUT2D eigenvalue weighted by atomic mass is 19.1. The Labute approximate surface area is 183 Å². The van der Waals surface area contributed by atoms with Gasteiger partial charge in [-0.05, 0) is 25.3 Å². The lowest BCUT2D eigenvalue weighted by Gasteiger charge is -2.31. The van der Waals surface area contributed by atoms with Crippen molar-refractivity contribution in [3.05, 3.63) is 75.8 Å². The van der Waals surface area contributed by atoms with E-state index in [1.54, 1.807) is 4.90 Å². The van der Waals surface area contributed by atoms with Gasteiger partial charge >= 0.3 is 0 Å². The first-order valence-corrected chi connectivity index (χ1v) is 10.7. The van der Waals surface area contributed by atoms with Crippen LogP contribution in [0.15, 0.2) is 47.3 Å². The highest BCUT2D eigenvalue weighted by molar-refractivity contribution is 5.98. The number of carbonyl (C=O) groups is 2. The molecule has 0 spiro atoms. The van der Waals surface area contributed by atoms with Gasteiger partial charge in [0.2, 0.25) is 5.91 Å². The van der Waals surface area contributed by atoms with E-state index in [-0.39, 0.29) is 47.2 Å². The molecule has 0 aliphatic carbocycles. The molecule has 2 aromatic carbocycles. The molecule has 32 heavy (non-hydrogen) atoms. The number of halogens is 2. The molecule has 1 saturated heterocycles. The third-order valence-electron chi connectivity index (χ3n) is 5.86. The fourth-order valence-corrected chi connectivity index (χ4v) is 4.13. The Hall–Kier alpha value is -3.42. The maximum Gasteiger partial charge on any atom is 0.258 e. The Morgan fingerprint density at radius 1 is 1.09 bits per heavy atom. The topological polar surface area (TPSA) is 83.1 Å². The summed E-state index contributed by atoms with van der Waals surface area (Å²) >= 11 is 0. The Bertz CT molecular complexity index is 1200. The molecule has 1 aromatic heterocycles. The number of hydrogen-bond acceptors (Lipinski definition) is 4. The van der Waals surface area contributed by atoms with Gasteiger partial charge in [0.1, 0.15) is 17.2 Å². The smallest absolute Gasteiger partial charge is 0.258 e. The van der Waals surface area contributed by atoms with Crippen molar-refractivity contribution in [1.29, 1.82) is 0 Å². The van der Waals surface area contributed by atoms with Crippen LogP contribution in [0.5, 0.6) is 0 Å². The molecular weight excluding hydrogens is 416 g/mol. The molecule has 2 heterocycles. The van der Waals surface area contributed by atoms with Gasteiger partial charge in [-0.15, -0.1) is 0 Å². The van der Waals surface area contributed by atoms with Gasteiger partial charge in [-0.25, -0.2) is 13.8 Å². The van der Waals surface area contributed by atoms with Crippen LogP contribution >= 0.6 is 0 Å². The summed E-state index contributed by atoms with van der Waals surface area (Å²) in [5, 5.41) is -0.143. The summed E-state index contributed by atoms with van der Waals surface area (Å²) in [6.45, 7) is 1.06. The number of aryl methyl sites for hydroxylation is 1. The first kappa shape index (κ1) is 21.8. The molecule has 1 amide bonds. The summed E-state index contributed by atoms with van der Waals surface area (Å²) < 4.78 is 27.3. The number of aromatic nitrogens is 2. The second-order valence-electron chi connectivity index (χ2n) is 8.04. The number of Topliss-reactive ketones (excluding diaryl/α,β-unsaturated/α-hetero) is 1. The highest BCUT2D eigenvalue weighted by Gasteiger charge is 2.27. The number of fused-ring (bicyclic) bond motifs is 1. The van der Waals surface area contributed by atoms with Crippen LogP contribution < -0.4 is 5.56 Å². The molecular formula is C24H23F2N3O3. The quantitative estimate of drug-likeness (QED) is 0.595. The van der Waals surface area contributed by atoms with Crippen LogP contribution in [0.2, 0.25) is 0 Å². The summed E-state index contributed by atoms with van der Waals surface area (Å²) in [6, 6.07) is 10.8. The van der Waals surface area contributed by atoms with E-state index in [4.69, 9.17) is 0 Å². The van der Waals surface area contributed by atoms with Crippen molar-refractivity contribution < 1.29 is 18.4 Å². The minimum atomic E-state index is -0.892. The van der Waals surface area contributed by atoms with Gasteiger partial charge in [0.25, 0.3) is 5.56 Å². The zero-order chi connectivity index (χ0) is 22.7. The fourth-order valence-electron chi connectivity index (χ4n) is 4.13. The minimum absolute atomic E-state index is 0.0213. The molecule has 4 rings (SSSR count). The van der Waals surface area contributed by atoms with Gasteiger partial charge in [-0.2, -0.15) is 0 Å². The first-order chi connectivity index (χ1) is 15.4. The molecule has 166 valence electrons.